The average molecular weight is 417 g/mol. The predicted octanol–water partition coefficient (Wildman–Crippen LogP) is 4.95. The summed E-state index contributed by atoms with van der Waals surface area (Å²) >= 11 is 0. The number of rotatable bonds is 2. The van der Waals surface area contributed by atoms with E-state index in [1.165, 1.54) is 12.1 Å². The van der Waals surface area contributed by atoms with E-state index in [2.05, 4.69) is 5.32 Å². The highest BCUT2D eigenvalue weighted by molar-refractivity contribution is 5.98. The minimum absolute atomic E-state index is 0.00742. The van der Waals surface area contributed by atoms with E-state index in [0.717, 1.165) is 33.6 Å². The molecule has 5 nitrogen and oxygen atoms in total. The number of benzene rings is 3. The van der Waals surface area contributed by atoms with E-state index in [0.29, 0.717) is 29.4 Å². The van der Waals surface area contributed by atoms with Crippen LogP contribution in [-0.4, -0.2) is 19.6 Å². The van der Waals surface area contributed by atoms with Gasteiger partial charge in [-0.2, -0.15) is 0 Å². The summed E-state index contributed by atoms with van der Waals surface area (Å²) in [5.41, 5.74) is 5.75. The molecule has 0 unspecified atom stereocenters. The number of halogens is 1. The van der Waals surface area contributed by atoms with E-state index in [-0.39, 0.29) is 18.3 Å². The second-order valence-corrected chi connectivity index (χ2v) is 7.56. The molecule has 5 rings (SSSR count). The van der Waals surface area contributed by atoms with Gasteiger partial charge in [-0.3, -0.25) is 4.79 Å². The Bertz CT molecular complexity index is 1250. The Morgan fingerprint density at radius 1 is 1.03 bits per heavy atom. The minimum Gasteiger partial charge on any atom is -0.497 e. The van der Waals surface area contributed by atoms with Gasteiger partial charge in [0.1, 0.15) is 29.7 Å². The van der Waals surface area contributed by atoms with Crippen molar-refractivity contribution in [3.8, 4) is 17.2 Å². The zero-order valence-electron chi connectivity index (χ0n) is 17.1. The van der Waals surface area contributed by atoms with Crippen LogP contribution in [0.1, 0.15) is 27.8 Å². The van der Waals surface area contributed by atoms with Crippen LogP contribution in [0.4, 0.5) is 10.1 Å². The van der Waals surface area contributed by atoms with Gasteiger partial charge < -0.3 is 19.5 Å². The molecule has 0 saturated heterocycles. The summed E-state index contributed by atoms with van der Waals surface area (Å²) in [7, 11) is 1.62. The lowest BCUT2D eigenvalue weighted by atomic mass is 9.92. The van der Waals surface area contributed by atoms with Gasteiger partial charge in [-0.25, -0.2) is 4.39 Å². The van der Waals surface area contributed by atoms with Crippen molar-refractivity contribution in [2.45, 2.75) is 13.5 Å². The topological polar surface area (TPSA) is 56.8 Å². The second-order valence-electron chi connectivity index (χ2n) is 7.56. The number of ether oxygens (including phenoxy) is 3. The van der Waals surface area contributed by atoms with Crippen molar-refractivity contribution < 1.29 is 23.4 Å². The van der Waals surface area contributed by atoms with Gasteiger partial charge in [-0.15, -0.1) is 0 Å². The Kier molecular flexibility index (Phi) is 4.62. The van der Waals surface area contributed by atoms with E-state index >= 15 is 0 Å². The number of amides is 1. The summed E-state index contributed by atoms with van der Waals surface area (Å²) in [5, 5.41) is 2.86. The number of hydrogen-bond donors (Lipinski definition) is 1. The molecular weight excluding hydrogens is 397 g/mol. The van der Waals surface area contributed by atoms with Crippen LogP contribution in [0.15, 0.2) is 48.5 Å². The first-order chi connectivity index (χ1) is 15.0. The van der Waals surface area contributed by atoms with E-state index in [4.69, 9.17) is 14.2 Å². The summed E-state index contributed by atoms with van der Waals surface area (Å²) in [6, 6.07) is 14.1. The Morgan fingerprint density at radius 3 is 2.74 bits per heavy atom. The third-order valence-corrected chi connectivity index (χ3v) is 5.45. The van der Waals surface area contributed by atoms with E-state index in [1.807, 2.05) is 43.3 Å². The van der Waals surface area contributed by atoms with Crippen LogP contribution in [0.25, 0.3) is 11.6 Å². The fourth-order valence-electron chi connectivity index (χ4n) is 4.03. The molecule has 6 heteroatoms. The van der Waals surface area contributed by atoms with Gasteiger partial charge in [-0.05, 0) is 77.7 Å². The first-order valence-electron chi connectivity index (χ1n) is 9.91. The number of carbonyl (C=O) groups is 1. The lowest BCUT2D eigenvalue weighted by Crippen LogP contribution is -2.25. The number of nitrogens with one attached hydrogen (secondary N) is 1. The molecule has 0 aromatic heterocycles. The minimum atomic E-state index is -0.340. The van der Waals surface area contributed by atoms with Crippen molar-refractivity contribution in [3.05, 3.63) is 82.2 Å². The molecule has 0 radical (unpaired) electrons. The maximum Gasteiger partial charge on any atom is 0.262 e. The molecule has 0 fully saturated rings. The second kappa shape index (κ2) is 7.47. The number of aryl methyl sites for hydroxylation is 1. The molecule has 31 heavy (non-hydrogen) atoms. The van der Waals surface area contributed by atoms with E-state index in [1.54, 1.807) is 13.2 Å². The summed E-state index contributed by atoms with van der Waals surface area (Å²) < 4.78 is 31.1. The monoisotopic (exact) mass is 417 g/mol. The molecule has 0 saturated carbocycles. The summed E-state index contributed by atoms with van der Waals surface area (Å²) in [6.45, 7) is 2.28. The van der Waals surface area contributed by atoms with Crippen molar-refractivity contribution in [2.24, 2.45) is 0 Å². The fraction of sp³-hybridized carbons (Fsp3) is 0.160. The van der Waals surface area contributed by atoms with Gasteiger partial charge in [-0.1, -0.05) is 6.07 Å². The quantitative estimate of drug-likeness (QED) is 0.641. The lowest BCUT2D eigenvalue weighted by Gasteiger charge is -2.20. The third-order valence-electron chi connectivity index (χ3n) is 5.45. The standard InChI is InChI=1S/C25H20FNO4/c1-14-7-15(9-22-25(14)31-13-24(28)27-22)8-20-19-5-4-18(29-2)10-16(19)12-30-23-6-3-17(26)11-21(20)23/h3-11H,12-13H2,1-2H3,(H,27,28). The van der Waals surface area contributed by atoms with Crippen LogP contribution >= 0.6 is 0 Å². The predicted molar refractivity (Wildman–Crippen MR) is 116 cm³/mol. The zero-order valence-corrected chi connectivity index (χ0v) is 17.1. The molecular formula is C25H20FNO4. The molecule has 3 aromatic carbocycles. The maximum absolute atomic E-state index is 14.2. The van der Waals surface area contributed by atoms with Crippen molar-refractivity contribution >= 4 is 23.2 Å². The first kappa shape index (κ1) is 19.2. The van der Waals surface area contributed by atoms with Gasteiger partial charge in [0, 0.05) is 11.1 Å². The fourth-order valence-corrected chi connectivity index (χ4v) is 4.03. The molecule has 2 aliphatic rings. The highest BCUT2D eigenvalue weighted by Crippen LogP contribution is 2.40. The third kappa shape index (κ3) is 3.50. The molecule has 1 N–H and O–H groups in total. The number of fused-ring (bicyclic) bond motifs is 3. The van der Waals surface area contributed by atoms with Crippen LogP contribution in [0, 0.1) is 12.7 Å². The molecule has 0 aliphatic carbocycles. The molecule has 0 bridgehead atoms. The molecule has 1 amide bonds. The molecule has 3 aromatic rings. The number of hydrogen-bond acceptors (Lipinski definition) is 4. The normalized spacial score (nSPS) is 15.6. The zero-order chi connectivity index (χ0) is 21.5. The maximum atomic E-state index is 14.2. The van der Waals surface area contributed by atoms with Gasteiger partial charge in [0.05, 0.1) is 12.8 Å². The van der Waals surface area contributed by atoms with Gasteiger partial charge in [0.25, 0.3) is 5.91 Å². The molecule has 0 spiro atoms. The van der Waals surface area contributed by atoms with Crippen LogP contribution in [0.5, 0.6) is 17.2 Å². The highest BCUT2D eigenvalue weighted by atomic mass is 19.1. The summed E-state index contributed by atoms with van der Waals surface area (Å²) in [6.07, 6.45) is 1.98. The highest BCUT2D eigenvalue weighted by Gasteiger charge is 2.22. The number of anilines is 1. The smallest absolute Gasteiger partial charge is 0.262 e. The van der Waals surface area contributed by atoms with Gasteiger partial charge in [0.2, 0.25) is 0 Å². The summed E-state index contributed by atoms with van der Waals surface area (Å²) in [5.74, 6) is 1.47. The van der Waals surface area contributed by atoms with Gasteiger partial charge in [0.15, 0.2) is 6.61 Å². The van der Waals surface area contributed by atoms with Crippen molar-refractivity contribution in [1.29, 1.82) is 0 Å². The Balaban J connectivity index is 1.72. The average Bonchev–Trinajstić information content (AvgIpc) is 2.90. The Labute approximate surface area is 179 Å². The molecule has 0 atom stereocenters. The van der Waals surface area contributed by atoms with Crippen molar-refractivity contribution in [2.75, 3.05) is 19.0 Å². The van der Waals surface area contributed by atoms with Crippen LogP contribution < -0.4 is 19.5 Å². The first-order valence-corrected chi connectivity index (χ1v) is 9.91. The van der Waals surface area contributed by atoms with Crippen LogP contribution in [0.3, 0.4) is 0 Å². The van der Waals surface area contributed by atoms with Crippen molar-refractivity contribution in [3.63, 3.8) is 0 Å². The van der Waals surface area contributed by atoms with E-state index in [9.17, 15) is 9.18 Å². The van der Waals surface area contributed by atoms with Crippen LogP contribution in [-0.2, 0) is 11.4 Å². The SMILES string of the molecule is COc1ccc2c(c1)COc1ccc(F)cc1C2=Cc1cc(C)c2c(c1)NC(=O)CO2. The molecule has 2 aliphatic heterocycles. The molecule has 2 heterocycles. The number of carbonyl (C=O) groups excluding carboxylic acids is 1. The molecule has 156 valence electrons. The lowest BCUT2D eigenvalue weighted by molar-refractivity contribution is -0.118. The number of methoxy groups -OCH3 is 1. The van der Waals surface area contributed by atoms with E-state index < -0.39 is 0 Å². The van der Waals surface area contributed by atoms with Crippen molar-refractivity contribution in [1.82, 2.24) is 0 Å². The summed E-state index contributed by atoms with van der Waals surface area (Å²) in [4.78, 5) is 11.8. The largest absolute Gasteiger partial charge is 0.497 e. The Morgan fingerprint density at radius 2 is 1.90 bits per heavy atom. The van der Waals surface area contributed by atoms with Gasteiger partial charge >= 0.3 is 0 Å². The Hall–Kier alpha value is -3.80. The van der Waals surface area contributed by atoms with Crippen LogP contribution in [0.2, 0.25) is 0 Å².